The van der Waals surface area contributed by atoms with Crippen molar-refractivity contribution in [2.24, 2.45) is 0 Å². The van der Waals surface area contributed by atoms with E-state index in [1.54, 1.807) is 12.1 Å². The largest absolute Gasteiger partial charge is 0.349 e. The standard InChI is InChI=1S/C9H13IN4O/c1-14(2)6-5-11-9(15)7-3-4-8(10)13-12-7/h3-4H,5-6H2,1-2H3,(H,11,15)/i10-3. The molecule has 0 saturated heterocycles. The SMILES string of the molecule is CN(C)CCNC(=O)c1ccc([124I])nn1. The lowest BCUT2D eigenvalue weighted by Crippen LogP contribution is -2.31. The van der Waals surface area contributed by atoms with Crippen LogP contribution in [0.3, 0.4) is 0 Å². The first kappa shape index (κ1) is 12.3. The van der Waals surface area contributed by atoms with Gasteiger partial charge in [0.15, 0.2) is 5.69 Å². The Morgan fingerprint density at radius 1 is 1.47 bits per heavy atom. The topological polar surface area (TPSA) is 58.1 Å². The fourth-order valence-corrected chi connectivity index (χ4v) is 1.21. The summed E-state index contributed by atoms with van der Waals surface area (Å²) in [5.74, 6) is -0.180. The van der Waals surface area contributed by atoms with Gasteiger partial charge in [-0.25, -0.2) is 0 Å². The fourth-order valence-electron chi connectivity index (χ4n) is 0.921. The van der Waals surface area contributed by atoms with Gasteiger partial charge < -0.3 is 10.2 Å². The number of nitrogens with one attached hydrogen (secondary N) is 1. The van der Waals surface area contributed by atoms with E-state index in [0.717, 1.165) is 10.2 Å². The van der Waals surface area contributed by atoms with Crippen LogP contribution in [0.1, 0.15) is 10.5 Å². The van der Waals surface area contributed by atoms with E-state index in [-0.39, 0.29) is 5.91 Å². The average molecular weight is 317 g/mol. The predicted octanol–water partition coefficient (Wildman–Crippen LogP) is 0.373. The first-order chi connectivity index (χ1) is 7.09. The zero-order chi connectivity index (χ0) is 11.3. The smallest absolute Gasteiger partial charge is 0.271 e. The molecule has 1 aromatic heterocycles. The second kappa shape index (κ2) is 5.96. The third-order valence-electron chi connectivity index (χ3n) is 1.71. The summed E-state index contributed by atoms with van der Waals surface area (Å²) in [7, 11) is 3.91. The van der Waals surface area contributed by atoms with E-state index in [1.807, 2.05) is 41.6 Å². The summed E-state index contributed by atoms with van der Waals surface area (Å²) in [5, 5.41) is 10.4. The van der Waals surface area contributed by atoms with E-state index in [1.165, 1.54) is 0 Å². The number of carbonyl (C=O) groups excluding carboxylic acids is 1. The van der Waals surface area contributed by atoms with Crippen molar-refractivity contribution in [1.29, 1.82) is 0 Å². The van der Waals surface area contributed by atoms with Gasteiger partial charge in [-0.2, -0.15) is 0 Å². The van der Waals surface area contributed by atoms with Crippen LogP contribution in [-0.4, -0.2) is 48.2 Å². The van der Waals surface area contributed by atoms with E-state index >= 15 is 0 Å². The Kier molecular flexibility index (Phi) is 4.89. The lowest BCUT2D eigenvalue weighted by molar-refractivity contribution is 0.0945. The number of amides is 1. The van der Waals surface area contributed by atoms with Crippen molar-refractivity contribution in [3.8, 4) is 0 Å². The summed E-state index contributed by atoms with van der Waals surface area (Å²) in [6.45, 7) is 1.42. The van der Waals surface area contributed by atoms with Crippen molar-refractivity contribution in [3.63, 3.8) is 0 Å². The van der Waals surface area contributed by atoms with Gasteiger partial charge in [0.1, 0.15) is 3.70 Å². The van der Waals surface area contributed by atoms with E-state index < -0.39 is 0 Å². The maximum absolute atomic E-state index is 11.5. The fraction of sp³-hybridized carbons (Fsp3) is 0.444. The Morgan fingerprint density at radius 2 is 2.20 bits per heavy atom. The molecule has 0 radical (unpaired) electrons. The van der Waals surface area contributed by atoms with Crippen LogP contribution < -0.4 is 5.32 Å². The molecular formula is C9H13IN4O. The van der Waals surface area contributed by atoms with Crippen molar-refractivity contribution in [2.45, 2.75) is 0 Å². The van der Waals surface area contributed by atoms with Crippen molar-refractivity contribution >= 4 is 28.5 Å². The summed E-state index contributed by atoms with van der Waals surface area (Å²) in [5.41, 5.74) is 0.356. The molecule has 1 heterocycles. The molecule has 82 valence electrons. The van der Waals surface area contributed by atoms with Crippen LogP contribution in [0.15, 0.2) is 12.1 Å². The maximum Gasteiger partial charge on any atom is 0.271 e. The van der Waals surface area contributed by atoms with Gasteiger partial charge in [0.05, 0.1) is 0 Å². The van der Waals surface area contributed by atoms with E-state index in [0.29, 0.717) is 12.2 Å². The number of hydrogen-bond donors (Lipinski definition) is 1. The molecule has 5 nitrogen and oxygen atoms in total. The molecule has 0 fully saturated rings. The molecule has 0 spiro atoms. The van der Waals surface area contributed by atoms with Gasteiger partial charge in [0, 0.05) is 13.1 Å². The van der Waals surface area contributed by atoms with Crippen LogP contribution in [0.25, 0.3) is 0 Å². The second-order valence-corrected chi connectivity index (χ2v) is 4.41. The highest BCUT2D eigenvalue weighted by molar-refractivity contribution is 14.1. The number of hydrogen-bond acceptors (Lipinski definition) is 4. The average Bonchev–Trinajstić information content (AvgIpc) is 2.18. The normalized spacial score (nSPS) is 10.4. The molecule has 1 aromatic rings. The molecule has 6 heteroatoms. The van der Waals surface area contributed by atoms with Crippen molar-refractivity contribution in [1.82, 2.24) is 20.4 Å². The molecule has 0 aliphatic carbocycles. The monoisotopic (exact) mass is 317 g/mol. The molecule has 0 unspecified atom stereocenters. The molecule has 0 atom stereocenters. The first-order valence-corrected chi connectivity index (χ1v) is 5.59. The number of halogens is 1. The van der Waals surface area contributed by atoms with Gasteiger partial charge in [0.25, 0.3) is 5.91 Å². The van der Waals surface area contributed by atoms with E-state index in [2.05, 4.69) is 15.5 Å². The number of carbonyl (C=O) groups is 1. The number of aromatic nitrogens is 2. The zero-order valence-corrected chi connectivity index (χ0v) is 10.9. The van der Waals surface area contributed by atoms with Crippen molar-refractivity contribution in [3.05, 3.63) is 21.5 Å². The van der Waals surface area contributed by atoms with E-state index in [4.69, 9.17) is 0 Å². The first-order valence-electron chi connectivity index (χ1n) is 4.52. The molecule has 0 aliphatic rings. The molecule has 0 saturated carbocycles. The van der Waals surface area contributed by atoms with Gasteiger partial charge in [0.2, 0.25) is 0 Å². The van der Waals surface area contributed by atoms with Gasteiger partial charge in [-0.1, -0.05) is 0 Å². The van der Waals surface area contributed by atoms with Crippen LogP contribution in [0, 0.1) is 3.70 Å². The Balaban J connectivity index is 2.43. The number of nitrogens with zero attached hydrogens (tertiary/aromatic N) is 3. The molecule has 1 rings (SSSR count). The van der Waals surface area contributed by atoms with Crippen molar-refractivity contribution < 1.29 is 4.79 Å². The van der Waals surface area contributed by atoms with Crippen LogP contribution in [0.5, 0.6) is 0 Å². The van der Waals surface area contributed by atoms with E-state index in [9.17, 15) is 4.79 Å². The summed E-state index contributed by atoms with van der Waals surface area (Å²) in [6, 6.07) is 3.42. The lowest BCUT2D eigenvalue weighted by atomic mass is 10.3. The highest BCUT2D eigenvalue weighted by Crippen LogP contribution is 1.99. The highest BCUT2D eigenvalue weighted by Gasteiger charge is 2.06. The summed E-state index contributed by atoms with van der Waals surface area (Å²) in [4.78, 5) is 13.5. The number of likely N-dealkylation sites (N-methyl/N-ethyl adjacent to an activating group) is 1. The highest BCUT2D eigenvalue weighted by atomic mass is 124. The van der Waals surface area contributed by atoms with Crippen molar-refractivity contribution in [2.75, 3.05) is 27.2 Å². The third-order valence-corrected chi connectivity index (χ3v) is 2.28. The van der Waals surface area contributed by atoms with Crippen LogP contribution in [-0.2, 0) is 0 Å². The summed E-state index contributed by atoms with van der Waals surface area (Å²) < 4.78 is 0.775. The predicted molar refractivity (Wildman–Crippen MR) is 65.6 cm³/mol. The molecule has 0 aromatic carbocycles. The van der Waals surface area contributed by atoms with Gasteiger partial charge in [-0.15, -0.1) is 10.2 Å². The maximum atomic E-state index is 11.5. The van der Waals surface area contributed by atoms with Crippen LogP contribution in [0.2, 0.25) is 0 Å². The third kappa shape index (κ3) is 4.52. The summed E-state index contributed by atoms with van der Waals surface area (Å²) in [6.07, 6.45) is 0. The quantitative estimate of drug-likeness (QED) is 0.816. The lowest BCUT2D eigenvalue weighted by Gasteiger charge is -2.09. The summed E-state index contributed by atoms with van der Waals surface area (Å²) >= 11 is 2.05. The Hall–Kier alpha value is -0.760. The molecule has 1 N–H and O–H groups in total. The minimum absolute atomic E-state index is 0.180. The zero-order valence-electron chi connectivity index (χ0n) is 8.70. The molecule has 0 bridgehead atoms. The molecule has 1 amide bonds. The van der Waals surface area contributed by atoms with Crippen LogP contribution in [0.4, 0.5) is 0 Å². The minimum Gasteiger partial charge on any atom is -0.349 e. The Bertz CT molecular complexity index is 325. The van der Waals surface area contributed by atoms with Gasteiger partial charge in [-0.3, -0.25) is 4.79 Å². The number of rotatable bonds is 4. The van der Waals surface area contributed by atoms with Gasteiger partial charge in [-0.05, 0) is 48.8 Å². The molecule has 0 aliphatic heterocycles. The minimum atomic E-state index is -0.180. The Morgan fingerprint density at radius 3 is 2.73 bits per heavy atom. The van der Waals surface area contributed by atoms with Gasteiger partial charge >= 0.3 is 0 Å². The second-order valence-electron chi connectivity index (χ2n) is 3.30. The molecule has 15 heavy (non-hydrogen) atoms. The molecular weight excluding hydrogens is 304 g/mol. The van der Waals surface area contributed by atoms with Crippen LogP contribution >= 0.6 is 22.6 Å². The Labute approximate surface area is 102 Å².